The predicted octanol–water partition coefficient (Wildman–Crippen LogP) is 0.251. The average molecular weight is 132 g/mol. The molecule has 46 valence electrons. The molecule has 0 aliphatic rings. The lowest BCUT2D eigenvalue weighted by Gasteiger charge is -1.94. The van der Waals surface area contributed by atoms with Crippen molar-refractivity contribution >= 4 is 9.17 Å². The van der Waals surface area contributed by atoms with Crippen molar-refractivity contribution in [2.45, 2.75) is 0 Å². The molecule has 0 aliphatic heterocycles. The van der Waals surface area contributed by atoms with Crippen LogP contribution in [0.5, 0.6) is 0 Å². The Labute approximate surface area is 49.8 Å². The molecular formula is C4H8O3Si. The zero-order valence-electron chi connectivity index (χ0n) is 4.72. The first kappa shape index (κ1) is 7.36. The molecule has 0 heterocycles. The van der Waals surface area contributed by atoms with E-state index in [0.717, 1.165) is 0 Å². The predicted molar refractivity (Wildman–Crippen MR) is 29.6 cm³/mol. The molecule has 0 aliphatic carbocycles. The Morgan fingerprint density at radius 1 is 1.88 bits per heavy atom. The van der Waals surface area contributed by atoms with E-state index in [1.807, 2.05) is 0 Å². The highest BCUT2D eigenvalue weighted by Gasteiger charge is 2.03. The van der Waals surface area contributed by atoms with Crippen LogP contribution in [-0.2, 0) is 13.3 Å². The molecule has 8 heavy (non-hydrogen) atoms. The van der Waals surface area contributed by atoms with Gasteiger partial charge >= 0.3 is 9.17 Å². The van der Waals surface area contributed by atoms with E-state index in [4.69, 9.17) is 0 Å². The van der Waals surface area contributed by atoms with Crippen LogP contribution >= 0.6 is 0 Å². The van der Waals surface area contributed by atoms with E-state index in [1.54, 1.807) is 0 Å². The molecular weight excluding hydrogens is 124 g/mol. The lowest BCUT2D eigenvalue weighted by atomic mass is 10.7. The van der Waals surface area contributed by atoms with Gasteiger partial charge in [-0.05, 0) is 0 Å². The summed E-state index contributed by atoms with van der Waals surface area (Å²) < 4.78 is 19.1. The molecule has 0 aromatic rings. The Morgan fingerprint density at radius 2 is 2.50 bits per heavy atom. The van der Waals surface area contributed by atoms with Crippen molar-refractivity contribution in [1.29, 1.82) is 0 Å². The lowest BCUT2D eigenvalue weighted by molar-refractivity contribution is 0.216. The van der Waals surface area contributed by atoms with Crippen LogP contribution in [0.4, 0.5) is 0 Å². The monoisotopic (exact) mass is 132 g/mol. The van der Waals surface area contributed by atoms with Gasteiger partial charge in [-0.15, -0.1) is 0 Å². The zero-order chi connectivity index (χ0) is 6.41. The van der Waals surface area contributed by atoms with Gasteiger partial charge in [-0.1, -0.05) is 12.7 Å². The molecule has 0 aromatic heterocycles. The van der Waals surface area contributed by atoms with Crippen molar-refractivity contribution in [3.05, 3.63) is 12.7 Å². The third kappa shape index (κ3) is 3.54. The van der Waals surface area contributed by atoms with E-state index < -0.39 is 9.17 Å². The fourth-order valence-corrected chi connectivity index (χ4v) is 0.558. The Kier molecular flexibility index (Phi) is 4.15. The first-order valence-corrected chi connectivity index (χ1v) is 3.35. The van der Waals surface area contributed by atoms with Crippen LogP contribution in [0.2, 0.25) is 0 Å². The molecule has 0 rings (SSSR count). The second-order valence-electron chi connectivity index (χ2n) is 1.05. The van der Waals surface area contributed by atoms with E-state index in [1.165, 1.54) is 13.2 Å². The highest BCUT2D eigenvalue weighted by Crippen LogP contribution is 1.74. The molecule has 0 spiro atoms. The van der Waals surface area contributed by atoms with Crippen LogP contribution in [0.3, 0.4) is 0 Å². The normalized spacial score (nSPS) is 7.62. The van der Waals surface area contributed by atoms with Crippen LogP contribution < -0.4 is 0 Å². The van der Waals surface area contributed by atoms with Gasteiger partial charge in [-0.2, -0.15) is 0 Å². The molecule has 0 atom stereocenters. The smallest absolute Gasteiger partial charge is 0.499 e. The Bertz CT molecular complexity index is 91.3. The molecule has 0 radical (unpaired) electrons. The first-order valence-electron chi connectivity index (χ1n) is 2.13. The number of hydrogen-bond donors (Lipinski definition) is 0. The summed E-state index contributed by atoms with van der Waals surface area (Å²) in [5.41, 5.74) is 0. The van der Waals surface area contributed by atoms with Gasteiger partial charge in [0.1, 0.15) is 0 Å². The van der Waals surface area contributed by atoms with Crippen molar-refractivity contribution in [2.75, 3.05) is 13.7 Å². The van der Waals surface area contributed by atoms with Gasteiger partial charge in [-0.3, -0.25) is 4.46 Å². The Hall–Kier alpha value is -0.643. The summed E-state index contributed by atoms with van der Waals surface area (Å²) in [6, 6.07) is 0. The molecule has 0 amide bonds. The second-order valence-corrected chi connectivity index (χ2v) is 2.25. The number of rotatable bonds is 4. The third-order valence-electron chi connectivity index (χ3n) is 0.486. The van der Waals surface area contributed by atoms with Crippen molar-refractivity contribution < 1.29 is 13.3 Å². The van der Waals surface area contributed by atoms with Gasteiger partial charge in [0.25, 0.3) is 0 Å². The maximum atomic E-state index is 10.3. The Morgan fingerprint density at radius 3 is 2.88 bits per heavy atom. The summed E-state index contributed by atoms with van der Waals surface area (Å²) in [6.45, 7) is 3.65. The summed E-state index contributed by atoms with van der Waals surface area (Å²) in [6.07, 6.45) is 1.52. The van der Waals surface area contributed by atoms with Crippen LogP contribution in [0.25, 0.3) is 0 Å². The van der Waals surface area contributed by atoms with Crippen molar-refractivity contribution in [3.63, 3.8) is 0 Å². The summed E-state index contributed by atoms with van der Waals surface area (Å²) in [7, 11) is -0.875. The molecule has 0 aromatic carbocycles. The second kappa shape index (κ2) is 4.51. The minimum atomic E-state index is -2.21. The quantitative estimate of drug-likeness (QED) is 0.406. The molecule has 0 N–H and O–H groups in total. The lowest BCUT2D eigenvalue weighted by Crippen LogP contribution is -2.08. The minimum absolute atomic E-state index is 0.283. The van der Waals surface area contributed by atoms with E-state index >= 15 is 0 Å². The fourth-order valence-electron chi connectivity index (χ4n) is 0.186. The van der Waals surface area contributed by atoms with Gasteiger partial charge in [-0.25, -0.2) is 0 Å². The van der Waals surface area contributed by atoms with Crippen LogP contribution in [0, 0.1) is 0 Å². The van der Waals surface area contributed by atoms with E-state index in [0.29, 0.717) is 0 Å². The Balaban J connectivity index is 3.11. The molecule has 0 fully saturated rings. The molecule has 0 saturated carbocycles. The average Bonchev–Trinajstić information content (AvgIpc) is 1.83. The molecule has 4 heteroatoms. The molecule has 0 saturated heterocycles. The maximum absolute atomic E-state index is 10.3. The van der Waals surface area contributed by atoms with Crippen LogP contribution in [0.15, 0.2) is 12.7 Å². The van der Waals surface area contributed by atoms with Gasteiger partial charge in [0, 0.05) is 0 Å². The standard InChI is InChI=1S/C4H8O3Si/c1-3-4-7-8(5)6-2/h3H,1,4H2,2H3. The molecule has 0 unspecified atom stereocenters. The van der Waals surface area contributed by atoms with Crippen LogP contribution in [-0.4, -0.2) is 22.9 Å². The van der Waals surface area contributed by atoms with Crippen LogP contribution in [0.1, 0.15) is 0 Å². The van der Waals surface area contributed by atoms with Crippen molar-refractivity contribution in [3.8, 4) is 0 Å². The van der Waals surface area contributed by atoms with E-state index in [2.05, 4.69) is 15.4 Å². The summed E-state index contributed by atoms with van der Waals surface area (Å²) in [4.78, 5) is 0. The van der Waals surface area contributed by atoms with E-state index in [9.17, 15) is 4.46 Å². The minimum Gasteiger partial charge on any atom is -0.499 e. The highest BCUT2D eigenvalue weighted by atomic mass is 28.3. The van der Waals surface area contributed by atoms with Crippen molar-refractivity contribution in [1.82, 2.24) is 0 Å². The van der Waals surface area contributed by atoms with Gasteiger partial charge in [0.2, 0.25) is 0 Å². The molecule has 3 nitrogen and oxygen atoms in total. The fraction of sp³-hybridized carbons (Fsp3) is 0.500. The summed E-state index contributed by atoms with van der Waals surface area (Å²) in [5, 5.41) is 0. The number of hydrogen-bond acceptors (Lipinski definition) is 3. The zero-order valence-corrected chi connectivity index (χ0v) is 5.72. The van der Waals surface area contributed by atoms with Gasteiger partial charge in [0.05, 0.1) is 13.7 Å². The van der Waals surface area contributed by atoms with E-state index in [-0.39, 0.29) is 6.61 Å². The summed E-state index contributed by atoms with van der Waals surface area (Å²) in [5.74, 6) is 0. The molecule has 0 bridgehead atoms. The highest BCUT2D eigenvalue weighted by molar-refractivity contribution is 6.26. The largest absolute Gasteiger partial charge is 0.767 e. The SMILES string of the molecule is C=CCO[Si](=O)OC. The maximum Gasteiger partial charge on any atom is 0.767 e. The topological polar surface area (TPSA) is 35.5 Å². The summed E-state index contributed by atoms with van der Waals surface area (Å²) >= 11 is 0. The van der Waals surface area contributed by atoms with Gasteiger partial charge in [0.15, 0.2) is 0 Å². The third-order valence-corrected chi connectivity index (χ3v) is 1.22. The first-order chi connectivity index (χ1) is 3.81. The van der Waals surface area contributed by atoms with Gasteiger partial charge < -0.3 is 8.85 Å². The van der Waals surface area contributed by atoms with Crippen molar-refractivity contribution in [2.24, 2.45) is 0 Å².